The van der Waals surface area contributed by atoms with Crippen LogP contribution in [-0.4, -0.2) is 68.4 Å². The lowest BCUT2D eigenvalue weighted by atomic mass is 10.2. The lowest BCUT2D eigenvalue weighted by molar-refractivity contribution is -0.384. The molecule has 1 aromatic carbocycles. The predicted molar refractivity (Wildman–Crippen MR) is 100 cm³/mol. The highest BCUT2D eigenvalue weighted by Crippen LogP contribution is 2.33. The lowest BCUT2D eigenvalue weighted by Gasteiger charge is -2.35. The van der Waals surface area contributed by atoms with Crippen LogP contribution in [0.3, 0.4) is 0 Å². The number of piperazine rings is 1. The van der Waals surface area contributed by atoms with E-state index >= 15 is 0 Å². The van der Waals surface area contributed by atoms with Gasteiger partial charge in [0.05, 0.1) is 9.82 Å². The van der Waals surface area contributed by atoms with Gasteiger partial charge in [-0.25, -0.2) is 8.42 Å². The molecule has 8 nitrogen and oxygen atoms in total. The smallest absolute Gasteiger partial charge is 0.293 e. The van der Waals surface area contributed by atoms with Crippen molar-refractivity contribution in [1.82, 2.24) is 9.21 Å². The Balaban J connectivity index is 1.85. The second-order valence-corrected chi connectivity index (χ2v) is 8.79. The third-order valence-electron chi connectivity index (χ3n) is 5.10. The fourth-order valence-corrected chi connectivity index (χ4v) is 5.22. The van der Waals surface area contributed by atoms with Crippen molar-refractivity contribution in [2.24, 2.45) is 0 Å². The second kappa shape index (κ2) is 7.89. The van der Waals surface area contributed by atoms with Crippen LogP contribution in [0.25, 0.3) is 0 Å². The van der Waals surface area contributed by atoms with E-state index in [1.54, 1.807) is 6.07 Å². The largest absolute Gasteiger partial charge is 0.363 e. The number of rotatable bonds is 6. The Labute approximate surface area is 154 Å². The van der Waals surface area contributed by atoms with Gasteiger partial charge in [0, 0.05) is 45.3 Å². The molecule has 0 amide bonds. The molecule has 0 aliphatic carbocycles. The number of nitro groups is 1. The maximum absolute atomic E-state index is 12.7. The van der Waals surface area contributed by atoms with Crippen LogP contribution in [0.2, 0.25) is 0 Å². The molecule has 0 radical (unpaired) electrons. The second-order valence-electron chi connectivity index (χ2n) is 6.85. The summed E-state index contributed by atoms with van der Waals surface area (Å²) in [7, 11) is -3.66. The fourth-order valence-electron chi connectivity index (χ4n) is 3.68. The van der Waals surface area contributed by atoms with Gasteiger partial charge in [-0.05, 0) is 37.9 Å². The summed E-state index contributed by atoms with van der Waals surface area (Å²) in [5, 5.41) is 11.6. The van der Waals surface area contributed by atoms with Crippen molar-refractivity contribution in [2.45, 2.75) is 31.1 Å². The highest BCUT2D eigenvalue weighted by Gasteiger charge is 2.31. The molecule has 2 fully saturated rings. The fraction of sp³-hybridized carbons (Fsp3) is 0.647. The molecular formula is C17H26N4O4S. The van der Waals surface area contributed by atoms with E-state index in [4.69, 9.17) is 0 Å². The van der Waals surface area contributed by atoms with Gasteiger partial charge in [0.2, 0.25) is 10.0 Å². The molecule has 9 heteroatoms. The van der Waals surface area contributed by atoms with Gasteiger partial charge in [0.25, 0.3) is 5.69 Å². The topological polar surface area (TPSA) is 87.0 Å². The van der Waals surface area contributed by atoms with Gasteiger partial charge in [-0.1, -0.05) is 6.92 Å². The standard InChI is InChI=1S/C17H26N4O4S/c1-2-7-18-10-12-19(13-11-18)16-6-5-15(14-17(16)21(22)23)26(24,25)20-8-3-4-9-20/h5-6,14H,2-4,7-13H2,1H3. The molecule has 0 spiro atoms. The van der Waals surface area contributed by atoms with Crippen LogP contribution in [-0.2, 0) is 10.0 Å². The maximum atomic E-state index is 12.7. The van der Waals surface area contributed by atoms with Crippen molar-refractivity contribution >= 4 is 21.4 Å². The van der Waals surface area contributed by atoms with E-state index in [0.29, 0.717) is 31.9 Å². The summed E-state index contributed by atoms with van der Waals surface area (Å²) in [5.74, 6) is 0. The molecule has 144 valence electrons. The molecule has 0 unspecified atom stereocenters. The van der Waals surface area contributed by atoms with Crippen molar-refractivity contribution in [3.8, 4) is 0 Å². The zero-order valence-electron chi connectivity index (χ0n) is 15.1. The van der Waals surface area contributed by atoms with E-state index in [0.717, 1.165) is 38.9 Å². The van der Waals surface area contributed by atoms with Crippen LogP contribution in [0.1, 0.15) is 26.2 Å². The molecule has 26 heavy (non-hydrogen) atoms. The summed E-state index contributed by atoms with van der Waals surface area (Å²) in [6.45, 7) is 7.27. The van der Waals surface area contributed by atoms with Crippen LogP contribution in [0.15, 0.2) is 23.1 Å². The molecule has 2 aliphatic heterocycles. The molecular weight excluding hydrogens is 356 g/mol. The van der Waals surface area contributed by atoms with Gasteiger partial charge >= 0.3 is 0 Å². The lowest BCUT2D eigenvalue weighted by Crippen LogP contribution is -2.46. The first-order valence-corrected chi connectivity index (χ1v) is 10.6. The van der Waals surface area contributed by atoms with Crippen LogP contribution in [0, 0.1) is 10.1 Å². The van der Waals surface area contributed by atoms with E-state index in [1.807, 2.05) is 4.90 Å². The first kappa shape index (κ1) is 19.1. The van der Waals surface area contributed by atoms with Crippen molar-refractivity contribution in [2.75, 3.05) is 50.7 Å². The predicted octanol–water partition coefficient (Wildman–Crippen LogP) is 1.91. The molecule has 0 bridgehead atoms. The van der Waals surface area contributed by atoms with Crippen LogP contribution in [0.5, 0.6) is 0 Å². The minimum absolute atomic E-state index is 0.0134. The van der Waals surface area contributed by atoms with Crippen molar-refractivity contribution in [3.63, 3.8) is 0 Å². The molecule has 0 saturated carbocycles. The normalized spacial score (nSPS) is 19.8. The summed E-state index contributed by atoms with van der Waals surface area (Å²) in [6, 6.07) is 4.33. The maximum Gasteiger partial charge on any atom is 0.293 e. The zero-order valence-corrected chi connectivity index (χ0v) is 15.9. The van der Waals surface area contributed by atoms with Crippen molar-refractivity contribution in [3.05, 3.63) is 28.3 Å². The highest BCUT2D eigenvalue weighted by atomic mass is 32.2. The Morgan fingerprint density at radius 1 is 1.08 bits per heavy atom. The van der Waals surface area contributed by atoms with E-state index in [-0.39, 0.29) is 10.6 Å². The third-order valence-corrected chi connectivity index (χ3v) is 6.99. The molecule has 0 aromatic heterocycles. The zero-order chi connectivity index (χ0) is 18.7. The highest BCUT2D eigenvalue weighted by molar-refractivity contribution is 7.89. The average Bonchev–Trinajstić information content (AvgIpc) is 3.18. The van der Waals surface area contributed by atoms with E-state index in [1.165, 1.54) is 16.4 Å². The molecule has 2 aliphatic rings. The summed E-state index contributed by atoms with van der Waals surface area (Å²) < 4.78 is 26.8. The minimum Gasteiger partial charge on any atom is -0.363 e. The third kappa shape index (κ3) is 3.84. The SMILES string of the molecule is CCCN1CCN(c2ccc(S(=O)(=O)N3CCCC3)cc2[N+](=O)[O-])CC1. The molecule has 1 aromatic rings. The van der Waals surface area contributed by atoms with Gasteiger partial charge in [-0.15, -0.1) is 0 Å². The van der Waals surface area contributed by atoms with Gasteiger partial charge in [0.15, 0.2) is 0 Å². The number of hydrogen-bond donors (Lipinski definition) is 0. The Kier molecular flexibility index (Phi) is 5.79. The van der Waals surface area contributed by atoms with Gasteiger partial charge in [-0.3, -0.25) is 15.0 Å². The Bertz CT molecular complexity index is 754. The quantitative estimate of drug-likeness (QED) is 0.552. The van der Waals surface area contributed by atoms with Gasteiger partial charge < -0.3 is 4.90 Å². The Morgan fingerprint density at radius 2 is 1.73 bits per heavy atom. The van der Waals surface area contributed by atoms with Crippen LogP contribution in [0.4, 0.5) is 11.4 Å². The number of anilines is 1. The summed E-state index contributed by atoms with van der Waals surface area (Å²) in [6.07, 6.45) is 2.76. The number of nitro benzene ring substituents is 1. The number of nitrogens with zero attached hydrogens (tertiary/aromatic N) is 4. The van der Waals surface area contributed by atoms with Crippen molar-refractivity contribution < 1.29 is 13.3 Å². The molecule has 3 rings (SSSR count). The van der Waals surface area contributed by atoms with E-state index < -0.39 is 14.9 Å². The van der Waals surface area contributed by atoms with E-state index in [2.05, 4.69) is 11.8 Å². The Morgan fingerprint density at radius 3 is 2.31 bits per heavy atom. The number of sulfonamides is 1. The van der Waals surface area contributed by atoms with Gasteiger partial charge in [-0.2, -0.15) is 4.31 Å². The van der Waals surface area contributed by atoms with E-state index in [9.17, 15) is 18.5 Å². The van der Waals surface area contributed by atoms with Crippen LogP contribution < -0.4 is 4.90 Å². The first-order valence-electron chi connectivity index (χ1n) is 9.19. The summed E-state index contributed by atoms with van der Waals surface area (Å²) in [4.78, 5) is 15.5. The first-order chi connectivity index (χ1) is 12.4. The minimum atomic E-state index is -3.66. The van der Waals surface area contributed by atoms with Crippen molar-refractivity contribution in [1.29, 1.82) is 0 Å². The monoisotopic (exact) mass is 382 g/mol. The number of benzene rings is 1. The van der Waals surface area contributed by atoms with Gasteiger partial charge in [0.1, 0.15) is 5.69 Å². The summed E-state index contributed by atoms with van der Waals surface area (Å²) >= 11 is 0. The summed E-state index contributed by atoms with van der Waals surface area (Å²) in [5.41, 5.74) is 0.376. The average molecular weight is 382 g/mol. The molecule has 2 heterocycles. The Hall–Kier alpha value is -1.71. The molecule has 0 atom stereocenters. The van der Waals surface area contributed by atoms with Crippen LogP contribution >= 0.6 is 0 Å². The molecule has 2 saturated heterocycles. The number of hydrogen-bond acceptors (Lipinski definition) is 6. The molecule has 0 N–H and O–H groups in total.